The number of hydrogen-bond acceptors (Lipinski definition) is 7. The lowest BCUT2D eigenvalue weighted by molar-refractivity contribution is -0.130. The summed E-state index contributed by atoms with van der Waals surface area (Å²) in [6.07, 6.45) is 6.50. The number of pyridine rings is 1. The summed E-state index contributed by atoms with van der Waals surface area (Å²) in [6.45, 7) is 1.82. The number of nitrogens with zero attached hydrogens (tertiary/aromatic N) is 4. The number of rotatable bonds is 7. The van der Waals surface area contributed by atoms with Gasteiger partial charge >= 0.3 is 0 Å². The molecule has 1 aliphatic rings. The summed E-state index contributed by atoms with van der Waals surface area (Å²) in [5, 5.41) is 5.94. The first-order valence-electron chi connectivity index (χ1n) is 9.09. The minimum atomic E-state index is -0.173. The maximum absolute atomic E-state index is 12.4. The normalized spacial score (nSPS) is 14.2. The fraction of sp³-hybridized carbons (Fsp3) is 0.368. The molecule has 1 aliphatic heterocycles. The third-order valence-corrected chi connectivity index (χ3v) is 4.79. The highest BCUT2D eigenvalue weighted by molar-refractivity contribution is 5.88. The molecule has 3 heterocycles. The Labute approximate surface area is 163 Å². The van der Waals surface area contributed by atoms with Gasteiger partial charge < -0.3 is 25.4 Å². The molecule has 0 bridgehead atoms. The molecular weight excluding hydrogens is 358 g/mol. The molecule has 0 spiro atoms. The van der Waals surface area contributed by atoms with Crippen LogP contribution in [0.3, 0.4) is 0 Å². The summed E-state index contributed by atoms with van der Waals surface area (Å²) in [5.41, 5.74) is 1.88. The zero-order valence-electron chi connectivity index (χ0n) is 16.3. The maximum Gasteiger partial charge on any atom is 0.271 e. The van der Waals surface area contributed by atoms with Crippen molar-refractivity contribution >= 4 is 17.4 Å². The van der Waals surface area contributed by atoms with Crippen LogP contribution in [0.5, 0.6) is 0 Å². The van der Waals surface area contributed by atoms with Crippen molar-refractivity contribution in [3.8, 4) is 11.3 Å². The highest BCUT2D eigenvalue weighted by Gasteiger charge is 2.33. The number of amides is 1. The smallest absolute Gasteiger partial charge is 0.271 e. The molecule has 1 fully saturated rings. The van der Waals surface area contributed by atoms with Gasteiger partial charge in [-0.2, -0.15) is 0 Å². The van der Waals surface area contributed by atoms with Crippen molar-refractivity contribution < 1.29 is 4.79 Å². The molecule has 2 aromatic rings. The van der Waals surface area contributed by atoms with E-state index >= 15 is 0 Å². The van der Waals surface area contributed by atoms with Crippen LogP contribution in [0.2, 0.25) is 0 Å². The predicted octanol–water partition coefficient (Wildman–Crippen LogP) is 0.296. The molecule has 3 rings (SSSR count). The third kappa shape index (κ3) is 4.20. The molecule has 0 unspecified atom stereocenters. The van der Waals surface area contributed by atoms with E-state index in [1.807, 2.05) is 31.1 Å². The summed E-state index contributed by atoms with van der Waals surface area (Å²) in [4.78, 5) is 39.3. The minimum Gasteiger partial charge on any atom is -0.373 e. The molecule has 28 heavy (non-hydrogen) atoms. The van der Waals surface area contributed by atoms with Crippen molar-refractivity contribution in [3.63, 3.8) is 0 Å². The number of aromatic nitrogens is 3. The average molecular weight is 383 g/mol. The summed E-state index contributed by atoms with van der Waals surface area (Å²) in [6, 6.07) is 3.73. The van der Waals surface area contributed by atoms with Gasteiger partial charge in [-0.05, 0) is 13.1 Å². The van der Waals surface area contributed by atoms with E-state index in [9.17, 15) is 9.59 Å². The first-order chi connectivity index (χ1) is 13.5. The van der Waals surface area contributed by atoms with E-state index in [4.69, 9.17) is 0 Å². The maximum atomic E-state index is 12.4. The zero-order chi connectivity index (χ0) is 20.1. The van der Waals surface area contributed by atoms with E-state index in [-0.39, 0.29) is 17.5 Å². The van der Waals surface area contributed by atoms with Gasteiger partial charge in [0.25, 0.3) is 5.56 Å². The van der Waals surface area contributed by atoms with E-state index in [0.29, 0.717) is 36.8 Å². The second-order valence-corrected chi connectivity index (χ2v) is 6.61. The lowest BCUT2D eigenvalue weighted by Gasteiger charge is -2.44. The van der Waals surface area contributed by atoms with Gasteiger partial charge in [-0.25, -0.2) is 9.97 Å². The molecule has 0 aromatic carbocycles. The Morgan fingerprint density at radius 2 is 2.14 bits per heavy atom. The fourth-order valence-corrected chi connectivity index (χ4v) is 2.99. The number of carbonyl (C=O) groups excluding carboxylic acids is 1. The number of likely N-dealkylation sites (N-methyl/N-ethyl adjacent to an activating group) is 2. The Kier molecular flexibility index (Phi) is 6.05. The first-order valence-corrected chi connectivity index (χ1v) is 9.09. The highest BCUT2D eigenvalue weighted by Crippen LogP contribution is 2.23. The van der Waals surface area contributed by atoms with Crippen LogP contribution in [0.4, 0.5) is 11.5 Å². The number of aromatic amines is 1. The number of likely N-dealkylation sites (tertiary alicyclic amines) is 1. The topological polar surface area (TPSA) is 106 Å². The molecule has 0 atom stereocenters. The van der Waals surface area contributed by atoms with Crippen LogP contribution in [0.1, 0.15) is 0 Å². The van der Waals surface area contributed by atoms with Gasteiger partial charge in [0.2, 0.25) is 5.91 Å². The molecular formula is C19H25N7O2. The molecule has 2 aromatic heterocycles. The van der Waals surface area contributed by atoms with Crippen LogP contribution >= 0.6 is 0 Å². The molecule has 1 amide bonds. The van der Waals surface area contributed by atoms with E-state index in [0.717, 1.165) is 5.56 Å². The average Bonchev–Trinajstić information content (AvgIpc) is 2.67. The molecule has 9 heteroatoms. The van der Waals surface area contributed by atoms with Crippen LogP contribution < -0.4 is 21.1 Å². The van der Waals surface area contributed by atoms with Crippen molar-refractivity contribution in [2.75, 3.05) is 51.0 Å². The second-order valence-electron chi connectivity index (χ2n) is 6.61. The van der Waals surface area contributed by atoms with Crippen molar-refractivity contribution in [1.82, 2.24) is 25.2 Å². The number of anilines is 2. The Morgan fingerprint density at radius 3 is 2.86 bits per heavy atom. The van der Waals surface area contributed by atoms with Gasteiger partial charge in [-0.15, -0.1) is 0 Å². The van der Waals surface area contributed by atoms with Crippen LogP contribution in [0.15, 0.2) is 41.6 Å². The Balaban J connectivity index is 1.72. The van der Waals surface area contributed by atoms with E-state index in [1.54, 1.807) is 30.3 Å². The number of hydrogen-bond donors (Lipinski definition) is 3. The van der Waals surface area contributed by atoms with Crippen LogP contribution in [0.25, 0.3) is 11.3 Å². The van der Waals surface area contributed by atoms with Gasteiger partial charge in [0, 0.05) is 57.6 Å². The van der Waals surface area contributed by atoms with E-state index in [1.165, 1.54) is 6.33 Å². The third-order valence-electron chi connectivity index (χ3n) is 4.79. The molecule has 1 saturated heterocycles. The second kappa shape index (κ2) is 8.66. The monoisotopic (exact) mass is 383 g/mol. The molecule has 3 N–H and O–H groups in total. The quantitative estimate of drug-likeness (QED) is 0.590. The Morgan fingerprint density at radius 1 is 1.36 bits per heavy atom. The standard InChI is InChI=1S/C19H25N7O2/c1-20-6-4-5-18(27)26-10-14(11-26)25(3)16-7-13(9-22-19(16)28)15-8-17(21-2)24-12-23-15/h4-5,7-9,12,14,20H,6,10-11H2,1-3H3,(H,22,28)(H,21,23,24)/b5-4+. The van der Waals surface area contributed by atoms with Gasteiger partial charge in [-0.1, -0.05) is 6.08 Å². The van der Waals surface area contributed by atoms with Gasteiger partial charge in [0.15, 0.2) is 0 Å². The van der Waals surface area contributed by atoms with Crippen molar-refractivity contribution in [1.29, 1.82) is 0 Å². The largest absolute Gasteiger partial charge is 0.373 e. The lowest BCUT2D eigenvalue weighted by Crippen LogP contribution is -2.60. The van der Waals surface area contributed by atoms with Gasteiger partial charge in [0.1, 0.15) is 17.8 Å². The van der Waals surface area contributed by atoms with Crippen molar-refractivity contribution in [3.05, 3.63) is 47.2 Å². The van der Waals surface area contributed by atoms with Gasteiger partial charge in [-0.3, -0.25) is 9.59 Å². The molecule has 9 nitrogen and oxygen atoms in total. The van der Waals surface area contributed by atoms with Crippen LogP contribution in [-0.4, -0.2) is 72.6 Å². The highest BCUT2D eigenvalue weighted by atomic mass is 16.2. The number of carbonyl (C=O) groups is 1. The summed E-state index contributed by atoms with van der Waals surface area (Å²) < 4.78 is 0. The predicted molar refractivity (Wildman–Crippen MR) is 109 cm³/mol. The van der Waals surface area contributed by atoms with Crippen LogP contribution in [-0.2, 0) is 4.79 Å². The zero-order valence-corrected chi connectivity index (χ0v) is 16.3. The lowest BCUT2D eigenvalue weighted by atomic mass is 10.1. The SMILES string of the molecule is CNC/C=C/C(=O)N1CC(N(C)c2cc(-c3cc(NC)ncn3)c[nH]c2=O)C1. The molecule has 0 radical (unpaired) electrons. The summed E-state index contributed by atoms with van der Waals surface area (Å²) in [5.74, 6) is 0.689. The molecule has 0 saturated carbocycles. The van der Waals surface area contributed by atoms with Crippen molar-refractivity contribution in [2.45, 2.75) is 6.04 Å². The van der Waals surface area contributed by atoms with E-state index < -0.39 is 0 Å². The fourth-order valence-electron chi connectivity index (χ4n) is 2.99. The molecule has 148 valence electrons. The van der Waals surface area contributed by atoms with E-state index in [2.05, 4.69) is 25.6 Å². The number of H-pyrrole nitrogens is 1. The Bertz CT molecular complexity index is 918. The minimum absolute atomic E-state index is 0.0110. The Hall–Kier alpha value is -3.20. The van der Waals surface area contributed by atoms with Crippen LogP contribution in [0, 0.1) is 0 Å². The first kappa shape index (κ1) is 19.6. The number of nitrogens with one attached hydrogen (secondary N) is 3. The summed E-state index contributed by atoms with van der Waals surface area (Å²) in [7, 11) is 5.49. The summed E-state index contributed by atoms with van der Waals surface area (Å²) >= 11 is 0. The van der Waals surface area contributed by atoms with Crippen molar-refractivity contribution in [2.24, 2.45) is 0 Å². The molecule has 0 aliphatic carbocycles. The van der Waals surface area contributed by atoms with Gasteiger partial charge in [0.05, 0.1) is 11.7 Å².